The fourth-order valence-electron chi connectivity index (χ4n) is 3.03. The summed E-state index contributed by atoms with van der Waals surface area (Å²) in [6.07, 6.45) is 1.43. The molecule has 1 heterocycles. The molecule has 0 unspecified atom stereocenters. The van der Waals surface area contributed by atoms with Crippen LogP contribution in [0.2, 0.25) is 10.0 Å². The molecule has 1 aromatic heterocycles. The van der Waals surface area contributed by atoms with E-state index in [1.54, 1.807) is 18.2 Å². The van der Waals surface area contributed by atoms with Crippen molar-refractivity contribution in [1.82, 2.24) is 20.2 Å². The molecule has 0 aliphatic carbocycles. The first-order valence-electron chi connectivity index (χ1n) is 9.99. The van der Waals surface area contributed by atoms with Gasteiger partial charge in [0.15, 0.2) is 11.0 Å². The van der Waals surface area contributed by atoms with Crippen LogP contribution in [0.3, 0.4) is 0 Å². The fourth-order valence-corrected chi connectivity index (χ4v) is 4.27. The van der Waals surface area contributed by atoms with Gasteiger partial charge < -0.3 is 0 Å². The van der Waals surface area contributed by atoms with E-state index in [2.05, 4.69) is 20.7 Å². The van der Waals surface area contributed by atoms with Crippen LogP contribution in [0.25, 0.3) is 17.1 Å². The molecular formula is C24H19Cl2N5OS. The molecule has 0 aliphatic heterocycles. The number of carbonyl (C=O) groups is 1. The van der Waals surface area contributed by atoms with E-state index in [-0.39, 0.29) is 11.7 Å². The Bertz CT molecular complexity index is 1270. The van der Waals surface area contributed by atoms with Gasteiger partial charge in [0, 0.05) is 16.8 Å². The van der Waals surface area contributed by atoms with Crippen LogP contribution < -0.4 is 5.43 Å². The molecule has 3 aromatic carbocycles. The summed E-state index contributed by atoms with van der Waals surface area (Å²) in [7, 11) is 0. The Balaban J connectivity index is 1.51. The maximum absolute atomic E-state index is 12.4. The Labute approximate surface area is 205 Å². The van der Waals surface area contributed by atoms with Gasteiger partial charge in [-0.25, -0.2) is 5.43 Å². The highest BCUT2D eigenvalue weighted by Gasteiger charge is 2.17. The number of aryl methyl sites for hydroxylation is 1. The zero-order chi connectivity index (χ0) is 23.2. The van der Waals surface area contributed by atoms with E-state index in [1.165, 1.54) is 18.0 Å². The molecule has 0 fully saturated rings. The average Bonchev–Trinajstić information content (AvgIpc) is 3.25. The Morgan fingerprint density at radius 3 is 2.39 bits per heavy atom. The number of hydrogen-bond donors (Lipinski definition) is 1. The van der Waals surface area contributed by atoms with Crippen LogP contribution in [0.1, 0.15) is 11.1 Å². The molecule has 4 rings (SSSR count). The lowest BCUT2D eigenvalue weighted by atomic mass is 10.2. The van der Waals surface area contributed by atoms with Crippen LogP contribution in [-0.2, 0) is 4.79 Å². The molecule has 0 radical (unpaired) electrons. The van der Waals surface area contributed by atoms with Gasteiger partial charge in [0.1, 0.15) is 0 Å². The molecule has 1 amide bonds. The number of halogens is 2. The predicted molar refractivity (Wildman–Crippen MR) is 134 cm³/mol. The number of hydrazone groups is 1. The van der Waals surface area contributed by atoms with Gasteiger partial charge >= 0.3 is 0 Å². The first-order valence-corrected chi connectivity index (χ1v) is 11.7. The summed E-state index contributed by atoms with van der Waals surface area (Å²) in [5.41, 5.74) is 6.04. The summed E-state index contributed by atoms with van der Waals surface area (Å²) < 4.78 is 1.94. The van der Waals surface area contributed by atoms with Gasteiger partial charge in [-0.05, 0) is 31.2 Å². The number of aromatic nitrogens is 3. The summed E-state index contributed by atoms with van der Waals surface area (Å²) >= 11 is 13.5. The SMILES string of the molecule is Cc1ccc(-n2c(SCC(=O)NN=Cc3c(Cl)cccc3Cl)nnc2-c2ccccc2)cc1. The van der Waals surface area contributed by atoms with E-state index < -0.39 is 0 Å². The van der Waals surface area contributed by atoms with E-state index in [0.717, 1.165) is 16.8 Å². The maximum Gasteiger partial charge on any atom is 0.250 e. The van der Waals surface area contributed by atoms with Crippen LogP contribution in [0, 0.1) is 6.92 Å². The molecule has 0 saturated carbocycles. The second kappa shape index (κ2) is 10.7. The van der Waals surface area contributed by atoms with Gasteiger partial charge in [-0.2, -0.15) is 5.10 Å². The van der Waals surface area contributed by atoms with Crippen molar-refractivity contribution in [3.8, 4) is 17.1 Å². The van der Waals surface area contributed by atoms with E-state index in [4.69, 9.17) is 23.2 Å². The van der Waals surface area contributed by atoms with Crippen molar-refractivity contribution in [2.75, 3.05) is 5.75 Å². The van der Waals surface area contributed by atoms with Crippen molar-refractivity contribution in [2.24, 2.45) is 5.10 Å². The third-order valence-corrected chi connectivity index (χ3v) is 6.26. The van der Waals surface area contributed by atoms with Crippen molar-refractivity contribution in [1.29, 1.82) is 0 Å². The highest BCUT2D eigenvalue weighted by atomic mass is 35.5. The lowest BCUT2D eigenvalue weighted by Gasteiger charge is -2.10. The number of hydrogen-bond acceptors (Lipinski definition) is 5. The Hall–Kier alpha value is -3.13. The first-order chi connectivity index (χ1) is 16.0. The van der Waals surface area contributed by atoms with Crippen LogP contribution in [-0.4, -0.2) is 32.6 Å². The number of nitrogens with zero attached hydrogens (tertiary/aromatic N) is 4. The number of thioether (sulfide) groups is 1. The van der Waals surface area contributed by atoms with E-state index in [0.29, 0.717) is 26.6 Å². The quantitative estimate of drug-likeness (QED) is 0.200. The van der Waals surface area contributed by atoms with Crippen molar-refractivity contribution in [2.45, 2.75) is 12.1 Å². The lowest BCUT2D eigenvalue weighted by Crippen LogP contribution is -2.20. The first kappa shape index (κ1) is 23.0. The van der Waals surface area contributed by atoms with Gasteiger partial charge in [0.2, 0.25) is 0 Å². The molecule has 1 N–H and O–H groups in total. The molecule has 0 spiro atoms. The summed E-state index contributed by atoms with van der Waals surface area (Å²) in [4.78, 5) is 12.4. The third-order valence-electron chi connectivity index (χ3n) is 4.67. The second-order valence-corrected chi connectivity index (χ2v) is 8.82. The number of amides is 1. The minimum atomic E-state index is -0.292. The Morgan fingerprint density at radius 1 is 1.00 bits per heavy atom. The van der Waals surface area contributed by atoms with Crippen LogP contribution in [0.5, 0.6) is 0 Å². The second-order valence-electron chi connectivity index (χ2n) is 7.06. The standard InChI is InChI=1S/C24H19Cl2N5OS/c1-16-10-12-18(13-11-16)31-23(17-6-3-2-4-7-17)29-30-24(31)33-15-22(32)28-27-14-19-20(25)8-5-9-21(19)26/h2-14H,15H2,1H3,(H,28,32). The summed E-state index contributed by atoms with van der Waals surface area (Å²) in [5, 5.41) is 14.2. The summed E-state index contributed by atoms with van der Waals surface area (Å²) in [6, 6.07) is 23.0. The van der Waals surface area contributed by atoms with Gasteiger partial charge in [-0.3, -0.25) is 9.36 Å². The molecule has 0 atom stereocenters. The summed E-state index contributed by atoms with van der Waals surface area (Å²) in [6.45, 7) is 2.03. The van der Waals surface area contributed by atoms with Crippen molar-refractivity contribution < 1.29 is 4.79 Å². The van der Waals surface area contributed by atoms with Crippen LogP contribution in [0.4, 0.5) is 0 Å². The molecule has 0 aliphatic rings. The zero-order valence-electron chi connectivity index (χ0n) is 17.6. The molecule has 166 valence electrons. The van der Waals surface area contributed by atoms with E-state index >= 15 is 0 Å². The fraction of sp³-hybridized carbons (Fsp3) is 0.0833. The van der Waals surface area contributed by atoms with Crippen molar-refractivity contribution in [3.05, 3.63) is 94.0 Å². The lowest BCUT2D eigenvalue weighted by molar-refractivity contribution is -0.118. The monoisotopic (exact) mass is 495 g/mol. The Morgan fingerprint density at radius 2 is 1.70 bits per heavy atom. The maximum atomic E-state index is 12.4. The molecule has 0 bridgehead atoms. The molecule has 33 heavy (non-hydrogen) atoms. The van der Waals surface area contributed by atoms with Gasteiger partial charge in [-0.1, -0.05) is 89.1 Å². The average molecular weight is 496 g/mol. The highest BCUT2D eigenvalue weighted by molar-refractivity contribution is 7.99. The van der Waals surface area contributed by atoms with Crippen molar-refractivity contribution in [3.63, 3.8) is 0 Å². The van der Waals surface area contributed by atoms with Gasteiger partial charge in [0.05, 0.1) is 22.0 Å². The number of rotatable bonds is 7. The normalized spacial score (nSPS) is 11.1. The molecule has 9 heteroatoms. The smallest absolute Gasteiger partial charge is 0.250 e. The van der Waals surface area contributed by atoms with E-state index in [1.807, 2.05) is 66.1 Å². The number of nitrogens with one attached hydrogen (secondary N) is 1. The number of benzene rings is 3. The largest absolute Gasteiger partial charge is 0.272 e. The van der Waals surface area contributed by atoms with Crippen LogP contribution >= 0.6 is 35.0 Å². The van der Waals surface area contributed by atoms with Gasteiger partial charge in [0.25, 0.3) is 5.91 Å². The Kier molecular flexibility index (Phi) is 7.44. The molecule has 6 nitrogen and oxygen atoms in total. The molecule has 4 aromatic rings. The van der Waals surface area contributed by atoms with E-state index in [9.17, 15) is 4.79 Å². The highest BCUT2D eigenvalue weighted by Crippen LogP contribution is 2.28. The van der Waals surface area contributed by atoms with Gasteiger partial charge in [-0.15, -0.1) is 10.2 Å². The minimum Gasteiger partial charge on any atom is -0.272 e. The third kappa shape index (κ3) is 5.63. The predicted octanol–water partition coefficient (Wildman–Crippen LogP) is 5.79. The summed E-state index contributed by atoms with van der Waals surface area (Å²) in [5.74, 6) is 0.514. The van der Waals surface area contributed by atoms with Crippen molar-refractivity contribution >= 4 is 47.1 Å². The molecular weight excluding hydrogens is 477 g/mol. The minimum absolute atomic E-state index is 0.104. The number of carbonyl (C=O) groups excluding carboxylic acids is 1. The topological polar surface area (TPSA) is 72.2 Å². The van der Waals surface area contributed by atoms with Crippen LogP contribution in [0.15, 0.2) is 83.1 Å². The molecule has 0 saturated heterocycles. The zero-order valence-corrected chi connectivity index (χ0v) is 19.9.